The van der Waals surface area contributed by atoms with Crippen molar-refractivity contribution in [1.29, 1.82) is 0 Å². The number of benzene rings is 1. The molecule has 0 bridgehead atoms. The van der Waals surface area contributed by atoms with Crippen molar-refractivity contribution >= 4 is 33.4 Å². The zero-order valence-corrected chi connectivity index (χ0v) is 20.2. The lowest BCUT2D eigenvalue weighted by Gasteiger charge is -2.29. The summed E-state index contributed by atoms with van der Waals surface area (Å²) in [5.41, 5.74) is 0.266. The molecule has 176 valence electrons. The number of esters is 1. The first kappa shape index (κ1) is 23.3. The predicted octanol–water partition coefficient (Wildman–Crippen LogP) is 3.37. The molecule has 2 aromatic heterocycles. The highest BCUT2D eigenvalue weighted by atomic mass is 32.1. The summed E-state index contributed by atoms with van der Waals surface area (Å²) in [5, 5.41) is 19.2. The molecule has 3 atom stereocenters. The van der Waals surface area contributed by atoms with E-state index in [1.165, 1.54) is 22.2 Å². The summed E-state index contributed by atoms with van der Waals surface area (Å²) in [5.74, 6) is -0.904. The summed E-state index contributed by atoms with van der Waals surface area (Å²) in [6, 6.07) is 6.82. The molecule has 33 heavy (non-hydrogen) atoms. The first-order valence-electron chi connectivity index (χ1n) is 11.0. The molecule has 3 unspecified atom stereocenters. The van der Waals surface area contributed by atoms with Crippen LogP contribution in [0.15, 0.2) is 30.5 Å². The number of hydrogen-bond acceptors (Lipinski definition) is 8. The molecule has 0 spiro atoms. The molecule has 1 amide bonds. The van der Waals surface area contributed by atoms with E-state index in [1.54, 1.807) is 25.7 Å². The van der Waals surface area contributed by atoms with Crippen LogP contribution in [0.1, 0.15) is 68.6 Å². The highest BCUT2D eigenvalue weighted by Crippen LogP contribution is 2.38. The second kappa shape index (κ2) is 8.83. The van der Waals surface area contributed by atoms with Gasteiger partial charge in [0.25, 0.3) is 0 Å². The largest absolute Gasteiger partial charge is 0.455 e. The number of aromatic nitrogens is 4. The summed E-state index contributed by atoms with van der Waals surface area (Å²) < 4.78 is 7.83. The molecular weight excluding hydrogens is 442 g/mol. The topological polar surface area (TPSA) is 110 Å². The number of rotatable bonds is 5. The average Bonchev–Trinajstić information content (AvgIpc) is 3.43. The second-order valence-corrected chi connectivity index (χ2v) is 10.8. The number of amides is 1. The van der Waals surface area contributed by atoms with E-state index in [4.69, 9.17) is 9.72 Å². The Hall–Kier alpha value is -2.85. The van der Waals surface area contributed by atoms with Gasteiger partial charge in [-0.1, -0.05) is 31.2 Å². The first-order chi connectivity index (χ1) is 15.5. The fourth-order valence-electron chi connectivity index (χ4n) is 4.03. The molecule has 1 N–H and O–H groups in total. The van der Waals surface area contributed by atoms with Crippen molar-refractivity contribution in [3.63, 3.8) is 0 Å². The summed E-state index contributed by atoms with van der Waals surface area (Å²) in [6.45, 7) is 9.37. The van der Waals surface area contributed by atoms with Gasteiger partial charge in [-0.25, -0.2) is 14.5 Å². The lowest BCUT2D eigenvalue weighted by Crippen LogP contribution is -2.40. The molecule has 3 aromatic rings. The Morgan fingerprint density at radius 2 is 1.97 bits per heavy atom. The van der Waals surface area contributed by atoms with E-state index >= 15 is 0 Å². The van der Waals surface area contributed by atoms with Crippen molar-refractivity contribution in [3.8, 4) is 0 Å². The maximum absolute atomic E-state index is 13.7. The Morgan fingerprint density at radius 3 is 2.64 bits per heavy atom. The van der Waals surface area contributed by atoms with Crippen LogP contribution in [0, 0.1) is 5.92 Å². The number of aliphatic hydroxyl groups excluding tert-OH is 1. The third kappa shape index (κ3) is 4.91. The Balaban J connectivity index is 1.61. The van der Waals surface area contributed by atoms with E-state index in [-0.39, 0.29) is 30.1 Å². The fourth-order valence-corrected chi connectivity index (χ4v) is 5.13. The lowest BCUT2D eigenvalue weighted by atomic mass is 10.0. The minimum absolute atomic E-state index is 0.0487. The van der Waals surface area contributed by atoms with Gasteiger partial charge in [-0.05, 0) is 38.8 Å². The van der Waals surface area contributed by atoms with Crippen LogP contribution in [0.3, 0.4) is 0 Å². The normalized spacial score (nSPS) is 19.9. The van der Waals surface area contributed by atoms with Crippen molar-refractivity contribution in [3.05, 3.63) is 41.2 Å². The van der Waals surface area contributed by atoms with Crippen LogP contribution in [-0.2, 0) is 9.53 Å². The van der Waals surface area contributed by atoms with Gasteiger partial charge in [0.15, 0.2) is 5.69 Å². The summed E-state index contributed by atoms with van der Waals surface area (Å²) >= 11 is 1.53. The number of fused-ring (bicyclic) bond motifs is 1. The molecular formula is C23H29N5O4S. The van der Waals surface area contributed by atoms with E-state index in [0.717, 1.165) is 15.2 Å². The fraction of sp³-hybridized carbons (Fsp3) is 0.522. The van der Waals surface area contributed by atoms with Crippen LogP contribution in [0.25, 0.3) is 10.2 Å². The third-order valence-electron chi connectivity index (χ3n) is 5.45. The highest BCUT2D eigenvalue weighted by molar-refractivity contribution is 7.18. The maximum Gasteiger partial charge on any atom is 0.361 e. The Bertz CT molecular complexity index is 1130. The van der Waals surface area contributed by atoms with E-state index in [0.29, 0.717) is 6.42 Å². The zero-order chi connectivity index (χ0) is 23.9. The minimum atomic E-state index is -0.684. The number of carbonyl (C=O) groups is 2. The van der Waals surface area contributed by atoms with Gasteiger partial charge in [0, 0.05) is 13.0 Å². The highest BCUT2D eigenvalue weighted by Gasteiger charge is 2.41. The molecule has 3 heterocycles. The van der Waals surface area contributed by atoms with E-state index in [2.05, 4.69) is 10.3 Å². The first-order valence-corrected chi connectivity index (χ1v) is 11.8. The average molecular weight is 472 g/mol. The van der Waals surface area contributed by atoms with Gasteiger partial charge >= 0.3 is 5.97 Å². The van der Waals surface area contributed by atoms with Crippen molar-refractivity contribution in [1.82, 2.24) is 24.9 Å². The monoisotopic (exact) mass is 471 g/mol. The van der Waals surface area contributed by atoms with Gasteiger partial charge in [0.1, 0.15) is 16.7 Å². The number of carbonyl (C=O) groups excluding carboxylic acids is 2. The molecule has 1 saturated heterocycles. The molecule has 1 fully saturated rings. The van der Waals surface area contributed by atoms with E-state index in [1.807, 2.05) is 38.1 Å². The second-order valence-electron chi connectivity index (χ2n) is 9.69. The predicted molar refractivity (Wildman–Crippen MR) is 124 cm³/mol. The van der Waals surface area contributed by atoms with Gasteiger partial charge in [0.05, 0.1) is 28.6 Å². The van der Waals surface area contributed by atoms with Gasteiger partial charge < -0.3 is 14.7 Å². The molecule has 0 saturated carbocycles. The lowest BCUT2D eigenvalue weighted by molar-refractivity contribution is -0.137. The van der Waals surface area contributed by atoms with Crippen LogP contribution in [0.2, 0.25) is 0 Å². The molecule has 9 nitrogen and oxygen atoms in total. The smallest absolute Gasteiger partial charge is 0.361 e. The van der Waals surface area contributed by atoms with Crippen LogP contribution >= 0.6 is 11.3 Å². The SMILES string of the molecule is CC(C)C(C(=O)N1CC(O)CC1c1nc2ccccc2s1)n1cc(C(=O)OC(C)(C)C)nn1. The van der Waals surface area contributed by atoms with Gasteiger partial charge in [0.2, 0.25) is 5.91 Å². The number of likely N-dealkylation sites (tertiary alicyclic amines) is 1. The molecule has 0 aliphatic carbocycles. The number of para-hydroxylation sites is 1. The van der Waals surface area contributed by atoms with Gasteiger partial charge in [-0.2, -0.15) is 0 Å². The van der Waals surface area contributed by atoms with Crippen molar-refractivity contribution in [2.75, 3.05) is 6.54 Å². The number of hydrogen-bond donors (Lipinski definition) is 1. The molecule has 1 aliphatic heterocycles. The Morgan fingerprint density at radius 1 is 1.24 bits per heavy atom. The standard InChI is InChI=1S/C23H29N5O4S/c1-13(2)19(28-12-16(25-26-28)22(31)32-23(3,4)5)21(30)27-11-14(29)10-17(27)20-24-15-8-6-7-9-18(15)33-20/h6-9,12-14,17,19,29H,10-11H2,1-5H3. The van der Waals surface area contributed by atoms with E-state index in [9.17, 15) is 14.7 Å². The number of aliphatic hydroxyl groups is 1. The van der Waals surface area contributed by atoms with Crippen molar-refractivity contribution in [2.24, 2.45) is 5.92 Å². The van der Waals surface area contributed by atoms with Gasteiger partial charge in [-0.3, -0.25) is 4.79 Å². The summed E-state index contributed by atoms with van der Waals surface area (Å²) in [7, 11) is 0. The number of nitrogens with zero attached hydrogens (tertiary/aromatic N) is 5. The molecule has 1 aliphatic rings. The third-order valence-corrected chi connectivity index (χ3v) is 6.58. The Kier molecular flexibility index (Phi) is 6.24. The molecule has 0 radical (unpaired) electrons. The summed E-state index contributed by atoms with van der Waals surface area (Å²) in [4.78, 5) is 32.5. The zero-order valence-electron chi connectivity index (χ0n) is 19.4. The van der Waals surface area contributed by atoms with Gasteiger partial charge in [-0.15, -0.1) is 16.4 Å². The maximum atomic E-state index is 13.7. The van der Waals surface area contributed by atoms with Crippen LogP contribution < -0.4 is 0 Å². The van der Waals surface area contributed by atoms with Crippen LogP contribution in [0.5, 0.6) is 0 Å². The van der Waals surface area contributed by atoms with E-state index < -0.39 is 23.7 Å². The van der Waals surface area contributed by atoms with Crippen molar-refractivity contribution in [2.45, 2.75) is 64.8 Å². The van der Waals surface area contributed by atoms with Crippen molar-refractivity contribution < 1.29 is 19.4 Å². The number of ether oxygens (including phenoxy) is 1. The molecule has 1 aromatic carbocycles. The quantitative estimate of drug-likeness (QED) is 0.568. The Labute approximate surface area is 196 Å². The minimum Gasteiger partial charge on any atom is -0.455 e. The summed E-state index contributed by atoms with van der Waals surface area (Å²) in [6.07, 6.45) is 1.25. The number of β-amino-alcohol motifs (C(OH)–C–C–N with tert-alkyl or cyclic N) is 1. The molecule has 10 heteroatoms. The molecule has 4 rings (SSSR count). The van der Waals surface area contributed by atoms with Crippen LogP contribution in [-0.4, -0.2) is 60.1 Å². The van der Waals surface area contributed by atoms with Crippen LogP contribution in [0.4, 0.5) is 0 Å². The number of thiazole rings is 1.